The third kappa shape index (κ3) is 6.85. The summed E-state index contributed by atoms with van der Waals surface area (Å²) < 4.78 is 17.7. The Kier molecular flexibility index (Phi) is 9.02. The van der Waals surface area contributed by atoms with Crippen molar-refractivity contribution in [1.82, 2.24) is 15.2 Å². The van der Waals surface area contributed by atoms with Crippen LogP contribution in [0, 0.1) is 0 Å². The Bertz CT molecular complexity index is 626. The maximum atomic E-state index is 6.13. The number of hydrogen-bond donors (Lipinski definition) is 1. The highest BCUT2D eigenvalue weighted by Gasteiger charge is 2.24. The van der Waals surface area contributed by atoms with Crippen molar-refractivity contribution in [1.29, 1.82) is 0 Å². The Hall–Kier alpha value is -1.86. The van der Waals surface area contributed by atoms with Gasteiger partial charge in [0.2, 0.25) is 5.88 Å². The van der Waals surface area contributed by atoms with Gasteiger partial charge in [-0.1, -0.05) is 13.0 Å². The third-order valence-corrected chi connectivity index (χ3v) is 5.47. The Morgan fingerprint density at radius 2 is 2.17 bits per heavy atom. The zero-order valence-electron chi connectivity index (χ0n) is 17.9. The van der Waals surface area contributed by atoms with E-state index in [1.54, 1.807) is 6.20 Å². The second-order valence-electron chi connectivity index (χ2n) is 7.73. The first-order valence-corrected chi connectivity index (χ1v) is 11.1. The van der Waals surface area contributed by atoms with Crippen LogP contribution in [-0.2, 0) is 16.0 Å². The fourth-order valence-corrected chi connectivity index (χ4v) is 3.81. The number of piperidine rings is 1. The first-order valence-electron chi connectivity index (χ1n) is 11.1. The second kappa shape index (κ2) is 12.0. The van der Waals surface area contributed by atoms with Crippen LogP contribution in [0.4, 0.5) is 0 Å². The number of rotatable bonds is 8. The number of aliphatic imine (C=N–C) groups is 1. The average molecular weight is 405 g/mol. The lowest BCUT2D eigenvalue weighted by Crippen LogP contribution is -2.47. The number of nitrogens with one attached hydrogen (secondary N) is 1. The summed E-state index contributed by atoms with van der Waals surface area (Å²) in [4.78, 5) is 11.1. The summed E-state index contributed by atoms with van der Waals surface area (Å²) in [5.74, 6) is 1.62. The molecule has 2 saturated heterocycles. The molecular weight excluding hydrogens is 368 g/mol. The minimum atomic E-state index is 0.291. The summed E-state index contributed by atoms with van der Waals surface area (Å²) in [6, 6.07) is 3.99. The van der Waals surface area contributed by atoms with E-state index in [0.29, 0.717) is 31.2 Å². The first-order chi connectivity index (χ1) is 14.3. The maximum absolute atomic E-state index is 6.13. The van der Waals surface area contributed by atoms with Crippen LogP contribution in [0.15, 0.2) is 23.3 Å². The number of nitrogens with zero attached hydrogens (tertiary/aromatic N) is 3. The molecule has 2 aliphatic rings. The molecule has 7 heteroatoms. The maximum Gasteiger partial charge on any atom is 0.218 e. The normalized spacial score (nSPS) is 21.2. The van der Waals surface area contributed by atoms with Crippen LogP contribution in [-0.4, -0.2) is 68.0 Å². The molecular formula is C22H36N4O3. The molecule has 3 rings (SSSR count). The van der Waals surface area contributed by atoms with Gasteiger partial charge >= 0.3 is 0 Å². The highest BCUT2D eigenvalue weighted by molar-refractivity contribution is 5.80. The van der Waals surface area contributed by atoms with E-state index in [4.69, 9.17) is 14.2 Å². The zero-order chi connectivity index (χ0) is 20.3. The van der Waals surface area contributed by atoms with Crippen LogP contribution < -0.4 is 10.1 Å². The first kappa shape index (κ1) is 21.8. The van der Waals surface area contributed by atoms with Gasteiger partial charge in [0.25, 0.3) is 0 Å². The number of guanidine groups is 1. The monoisotopic (exact) mass is 404 g/mol. The standard InChI is InChI=1S/C22H36N4O3/c1-3-14-28-21-18(7-6-11-24-21)16-25-22(23-2)26-12-9-19(10-13-26)29-17-20-8-4-5-15-27-20/h6-7,11,19-20H,3-5,8-10,12-17H2,1-2H3,(H,23,25). The van der Waals surface area contributed by atoms with Crippen LogP contribution >= 0.6 is 0 Å². The van der Waals surface area contributed by atoms with Gasteiger partial charge in [-0.25, -0.2) is 4.98 Å². The van der Waals surface area contributed by atoms with Crippen LogP contribution in [0.2, 0.25) is 0 Å². The highest BCUT2D eigenvalue weighted by Crippen LogP contribution is 2.18. The van der Waals surface area contributed by atoms with Crippen LogP contribution in [0.25, 0.3) is 0 Å². The van der Waals surface area contributed by atoms with Crippen LogP contribution in [0.3, 0.4) is 0 Å². The Balaban J connectivity index is 1.42. The summed E-state index contributed by atoms with van der Waals surface area (Å²) >= 11 is 0. The molecule has 29 heavy (non-hydrogen) atoms. The van der Waals surface area contributed by atoms with Gasteiger partial charge in [-0.3, -0.25) is 4.99 Å². The number of aromatic nitrogens is 1. The summed E-state index contributed by atoms with van der Waals surface area (Å²) in [6.07, 6.45) is 8.97. The van der Waals surface area contributed by atoms with Crippen LogP contribution in [0.1, 0.15) is 51.0 Å². The molecule has 162 valence electrons. The number of ether oxygens (including phenoxy) is 3. The van der Waals surface area contributed by atoms with Gasteiger partial charge in [0, 0.05) is 45.0 Å². The van der Waals surface area contributed by atoms with Gasteiger partial charge in [0.15, 0.2) is 5.96 Å². The Labute approximate surface area is 174 Å². The fraction of sp³-hybridized carbons (Fsp3) is 0.727. The van der Waals surface area contributed by atoms with Gasteiger partial charge in [-0.15, -0.1) is 0 Å². The SMILES string of the molecule is CCCOc1ncccc1CNC(=NC)N1CCC(OCC2CCCCO2)CC1. The van der Waals surface area contributed by atoms with Crippen molar-refractivity contribution >= 4 is 5.96 Å². The number of likely N-dealkylation sites (tertiary alicyclic amines) is 1. The largest absolute Gasteiger partial charge is 0.477 e. The molecule has 0 aromatic carbocycles. The third-order valence-electron chi connectivity index (χ3n) is 5.47. The van der Waals surface area contributed by atoms with Crippen molar-refractivity contribution in [3.63, 3.8) is 0 Å². The molecule has 1 unspecified atom stereocenters. The molecule has 0 spiro atoms. The van der Waals surface area contributed by atoms with E-state index in [1.807, 2.05) is 19.2 Å². The quantitative estimate of drug-likeness (QED) is 0.531. The summed E-state index contributed by atoms with van der Waals surface area (Å²) in [7, 11) is 1.84. The molecule has 1 aromatic rings. The van der Waals surface area contributed by atoms with Crippen molar-refractivity contribution < 1.29 is 14.2 Å². The molecule has 1 aromatic heterocycles. The molecule has 2 fully saturated rings. The van der Waals surface area contributed by atoms with E-state index in [9.17, 15) is 0 Å². The van der Waals surface area contributed by atoms with E-state index in [-0.39, 0.29) is 0 Å². The van der Waals surface area contributed by atoms with Gasteiger partial charge in [-0.05, 0) is 44.6 Å². The van der Waals surface area contributed by atoms with E-state index >= 15 is 0 Å². The molecule has 0 saturated carbocycles. The summed E-state index contributed by atoms with van der Waals surface area (Å²) in [5, 5.41) is 3.47. The van der Waals surface area contributed by atoms with E-state index < -0.39 is 0 Å². The lowest BCUT2D eigenvalue weighted by atomic mass is 10.1. The van der Waals surface area contributed by atoms with E-state index in [1.165, 1.54) is 12.8 Å². The zero-order valence-corrected chi connectivity index (χ0v) is 17.9. The summed E-state index contributed by atoms with van der Waals surface area (Å²) in [5.41, 5.74) is 1.05. The molecule has 1 atom stereocenters. The lowest BCUT2D eigenvalue weighted by molar-refractivity contribution is -0.0721. The predicted molar refractivity (Wildman–Crippen MR) is 114 cm³/mol. The van der Waals surface area contributed by atoms with Gasteiger partial charge in [0.05, 0.1) is 25.4 Å². The van der Waals surface area contributed by atoms with E-state index in [0.717, 1.165) is 63.5 Å². The number of hydrogen-bond acceptors (Lipinski definition) is 5. The van der Waals surface area contributed by atoms with Crippen molar-refractivity contribution in [2.75, 3.05) is 40.0 Å². The fourth-order valence-electron chi connectivity index (χ4n) is 3.81. The van der Waals surface area contributed by atoms with Crippen LogP contribution in [0.5, 0.6) is 5.88 Å². The molecule has 0 amide bonds. The van der Waals surface area contributed by atoms with Crippen molar-refractivity contribution in [2.45, 2.75) is 64.2 Å². The lowest BCUT2D eigenvalue weighted by Gasteiger charge is -2.35. The smallest absolute Gasteiger partial charge is 0.218 e. The molecule has 7 nitrogen and oxygen atoms in total. The topological polar surface area (TPSA) is 68.2 Å². The van der Waals surface area contributed by atoms with E-state index in [2.05, 4.69) is 27.1 Å². The second-order valence-corrected chi connectivity index (χ2v) is 7.73. The number of pyridine rings is 1. The highest BCUT2D eigenvalue weighted by atomic mass is 16.5. The Morgan fingerprint density at radius 1 is 1.31 bits per heavy atom. The summed E-state index contributed by atoms with van der Waals surface area (Å²) in [6.45, 7) is 6.94. The molecule has 0 bridgehead atoms. The Morgan fingerprint density at radius 3 is 2.90 bits per heavy atom. The van der Waals surface area contributed by atoms with Crippen molar-refractivity contribution in [2.24, 2.45) is 4.99 Å². The molecule has 1 N–H and O–H groups in total. The van der Waals surface area contributed by atoms with Crippen molar-refractivity contribution in [3.8, 4) is 5.88 Å². The minimum Gasteiger partial charge on any atom is -0.477 e. The van der Waals surface area contributed by atoms with Gasteiger partial charge < -0.3 is 24.4 Å². The molecule has 2 aliphatic heterocycles. The van der Waals surface area contributed by atoms with Crippen molar-refractivity contribution in [3.05, 3.63) is 23.9 Å². The molecule has 0 aliphatic carbocycles. The molecule has 0 radical (unpaired) electrons. The van der Waals surface area contributed by atoms with Gasteiger partial charge in [0.1, 0.15) is 0 Å². The predicted octanol–water partition coefficient (Wildman–Crippen LogP) is 3.00. The average Bonchev–Trinajstić information content (AvgIpc) is 2.79. The van der Waals surface area contributed by atoms with Gasteiger partial charge in [-0.2, -0.15) is 0 Å². The molecule has 3 heterocycles. The minimum absolute atomic E-state index is 0.291.